The number of morpholine rings is 1. The molecule has 0 atom stereocenters. The molecule has 0 spiro atoms. The molecule has 1 aliphatic heterocycles. The Labute approximate surface area is 123 Å². The van der Waals surface area contributed by atoms with Crippen molar-refractivity contribution in [1.82, 2.24) is 10.2 Å². The highest BCUT2D eigenvalue weighted by Gasteiger charge is 2.17. The van der Waals surface area contributed by atoms with Gasteiger partial charge in [-0.15, -0.1) is 0 Å². The van der Waals surface area contributed by atoms with E-state index in [0.717, 1.165) is 30.2 Å². The molecule has 2 N–H and O–H groups in total. The van der Waals surface area contributed by atoms with Crippen LogP contribution in [0.1, 0.15) is 16.2 Å². The number of nitrogens with zero attached hydrogens (tertiary/aromatic N) is 2. The van der Waals surface area contributed by atoms with E-state index in [1.807, 2.05) is 31.2 Å². The summed E-state index contributed by atoms with van der Waals surface area (Å²) in [4.78, 5) is 14.4. The number of rotatable bonds is 3. The summed E-state index contributed by atoms with van der Waals surface area (Å²) >= 11 is 0. The van der Waals surface area contributed by atoms with Crippen LogP contribution in [0.15, 0.2) is 30.3 Å². The van der Waals surface area contributed by atoms with Crippen LogP contribution >= 0.6 is 0 Å². The molecule has 21 heavy (non-hydrogen) atoms. The van der Waals surface area contributed by atoms with E-state index >= 15 is 0 Å². The Kier molecular flexibility index (Phi) is 3.87. The first-order valence-electron chi connectivity index (χ1n) is 6.99. The highest BCUT2D eigenvalue weighted by Crippen LogP contribution is 2.26. The summed E-state index contributed by atoms with van der Waals surface area (Å²) < 4.78 is 5.37. The fraction of sp³-hybridized carbons (Fsp3) is 0.333. The summed E-state index contributed by atoms with van der Waals surface area (Å²) in [6, 6.07) is 9.53. The molecule has 0 saturated carbocycles. The number of hydrogen-bond acceptors (Lipinski definition) is 4. The van der Waals surface area contributed by atoms with Gasteiger partial charge in [0.2, 0.25) is 0 Å². The number of H-pyrrole nitrogens is 1. The Balaban J connectivity index is 1.80. The van der Waals surface area contributed by atoms with E-state index in [0.29, 0.717) is 18.9 Å². The summed E-state index contributed by atoms with van der Waals surface area (Å²) in [6.07, 6.45) is 0. The number of nitrogens with one attached hydrogen (secondary N) is 2. The van der Waals surface area contributed by atoms with Crippen molar-refractivity contribution >= 4 is 17.3 Å². The van der Waals surface area contributed by atoms with E-state index in [9.17, 15) is 4.79 Å². The first-order chi connectivity index (χ1) is 10.2. The maximum absolute atomic E-state index is 12.2. The second-order valence-electron chi connectivity index (χ2n) is 5.01. The molecule has 1 aromatic carbocycles. The first-order valence-corrected chi connectivity index (χ1v) is 6.99. The predicted molar refractivity (Wildman–Crippen MR) is 80.8 cm³/mol. The molecular formula is C15H18N4O2. The molecule has 1 aliphatic rings. The number of aryl methyl sites for hydroxylation is 1. The Hall–Kier alpha value is -2.34. The number of para-hydroxylation sites is 2. The highest BCUT2D eigenvalue weighted by atomic mass is 16.5. The van der Waals surface area contributed by atoms with Crippen molar-refractivity contribution in [3.05, 3.63) is 41.7 Å². The molecular weight excluding hydrogens is 268 g/mol. The van der Waals surface area contributed by atoms with Gasteiger partial charge in [0, 0.05) is 18.8 Å². The zero-order chi connectivity index (χ0) is 14.7. The Morgan fingerprint density at radius 1 is 1.33 bits per heavy atom. The lowest BCUT2D eigenvalue weighted by molar-refractivity contribution is 0.102. The summed E-state index contributed by atoms with van der Waals surface area (Å²) in [6.45, 7) is 4.94. The van der Waals surface area contributed by atoms with Gasteiger partial charge in [-0.2, -0.15) is 5.10 Å². The standard InChI is InChI=1S/C15H18N4O2/c1-11-10-13(18-17-11)15(20)16-12-4-2-3-5-14(12)19-6-8-21-9-7-19/h2-5,10H,6-9H2,1H3,(H,16,20)(H,17,18). The van der Waals surface area contributed by atoms with Crippen molar-refractivity contribution in [3.8, 4) is 0 Å². The van der Waals surface area contributed by atoms with Gasteiger partial charge in [0.25, 0.3) is 5.91 Å². The van der Waals surface area contributed by atoms with Crippen molar-refractivity contribution in [3.63, 3.8) is 0 Å². The number of benzene rings is 1. The molecule has 6 heteroatoms. The van der Waals surface area contributed by atoms with Crippen molar-refractivity contribution in [2.24, 2.45) is 0 Å². The van der Waals surface area contributed by atoms with Crippen LogP contribution in [0.2, 0.25) is 0 Å². The maximum Gasteiger partial charge on any atom is 0.276 e. The average Bonchev–Trinajstić information content (AvgIpc) is 2.95. The van der Waals surface area contributed by atoms with Crippen LogP contribution in [-0.2, 0) is 4.74 Å². The molecule has 1 fully saturated rings. The zero-order valence-electron chi connectivity index (χ0n) is 11.9. The molecule has 2 aromatic rings. The lowest BCUT2D eigenvalue weighted by atomic mass is 10.2. The van der Waals surface area contributed by atoms with E-state index in [2.05, 4.69) is 20.4 Å². The van der Waals surface area contributed by atoms with Crippen LogP contribution in [0.25, 0.3) is 0 Å². The number of anilines is 2. The van der Waals surface area contributed by atoms with Gasteiger partial charge in [-0.05, 0) is 25.1 Å². The van der Waals surface area contributed by atoms with Gasteiger partial charge < -0.3 is 15.0 Å². The lowest BCUT2D eigenvalue weighted by Crippen LogP contribution is -2.36. The van der Waals surface area contributed by atoms with Crippen molar-refractivity contribution in [2.45, 2.75) is 6.92 Å². The normalized spacial score (nSPS) is 15.0. The van der Waals surface area contributed by atoms with E-state index in [1.165, 1.54) is 0 Å². The fourth-order valence-corrected chi connectivity index (χ4v) is 2.38. The lowest BCUT2D eigenvalue weighted by Gasteiger charge is -2.30. The summed E-state index contributed by atoms with van der Waals surface area (Å²) in [5, 5.41) is 9.69. The Morgan fingerprint density at radius 3 is 2.81 bits per heavy atom. The monoisotopic (exact) mass is 286 g/mol. The van der Waals surface area contributed by atoms with Crippen molar-refractivity contribution < 1.29 is 9.53 Å². The van der Waals surface area contributed by atoms with Gasteiger partial charge >= 0.3 is 0 Å². The quantitative estimate of drug-likeness (QED) is 0.902. The van der Waals surface area contributed by atoms with Crippen LogP contribution < -0.4 is 10.2 Å². The number of hydrogen-bond donors (Lipinski definition) is 2. The fourth-order valence-electron chi connectivity index (χ4n) is 2.38. The molecule has 1 aromatic heterocycles. The van der Waals surface area contributed by atoms with Gasteiger partial charge in [-0.1, -0.05) is 12.1 Å². The van der Waals surface area contributed by atoms with Crippen LogP contribution in [0.4, 0.5) is 11.4 Å². The molecule has 0 bridgehead atoms. The largest absolute Gasteiger partial charge is 0.378 e. The molecule has 3 rings (SSSR count). The second-order valence-corrected chi connectivity index (χ2v) is 5.01. The molecule has 2 heterocycles. The minimum Gasteiger partial charge on any atom is -0.378 e. The summed E-state index contributed by atoms with van der Waals surface area (Å²) in [7, 11) is 0. The van der Waals surface area contributed by atoms with E-state index < -0.39 is 0 Å². The van der Waals surface area contributed by atoms with Crippen LogP contribution in [0, 0.1) is 6.92 Å². The van der Waals surface area contributed by atoms with Crippen LogP contribution in [-0.4, -0.2) is 42.4 Å². The summed E-state index contributed by atoms with van der Waals surface area (Å²) in [5.41, 5.74) is 3.07. The molecule has 0 radical (unpaired) electrons. The number of carbonyl (C=O) groups excluding carboxylic acids is 1. The smallest absolute Gasteiger partial charge is 0.276 e. The summed E-state index contributed by atoms with van der Waals surface area (Å²) in [5.74, 6) is -0.208. The number of ether oxygens (including phenoxy) is 1. The van der Waals surface area contributed by atoms with Gasteiger partial charge in [-0.25, -0.2) is 0 Å². The third kappa shape index (κ3) is 3.05. The Bertz CT molecular complexity index is 632. The van der Waals surface area contributed by atoms with E-state index in [4.69, 9.17) is 4.74 Å². The molecule has 0 aliphatic carbocycles. The Morgan fingerprint density at radius 2 is 2.10 bits per heavy atom. The van der Waals surface area contributed by atoms with Crippen molar-refractivity contribution in [1.29, 1.82) is 0 Å². The van der Waals surface area contributed by atoms with Gasteiger partial charge in [-0.3, -0.25) is 9.89 Å². The van der Waals surface area contributed by atoms with Crippen LogP contribution in [0.5, 0.6) is 0 Å². The third-order valence-corrected chi connectivity index (χ3v) is 3.44. The number of carbonyl (C=O) groups is 1. The van der Waals surface area contributed by atoms with Crippen LogP contribution in [0.3, 0.4) is 0 Å². The molecule has 1 amide bonds. The maximum atomic E-state index is 12.2. The third-order valence-electron chi connectivity index (χ3n) is 3.44. The topological polar surface area (TPSA) is 70.2 Å². The number of aromatic amines is 1. The average molecular weight is 286 g/mol. The second kappa shape index (κ2) is 5.97. The number of amides is 1. The highest BCUT2D eigenvalue weighted by molar-refractivity contribution is 6.04. The molecule has 0 unspecified atom stereocenters. The van der Waals surface area contributed by atoms with E-state index in [1.54, 1.807) is 6.07 Å². The predicted octanol–water partition coefficient (Wildman–Crippen LogP) is 1.81. The van der Waals surface area contributed by atoms with Crippen molar-refractivity contribution in [2.75, 3.05) is 36.5 Å². The first kappa shape index (κ1) is 13.6. The minimum atomic E-state index is -0.208. The van der Waals surface area contributed by atoms with E-state index in [-0.39, 0.29) is 5.91 Å². The zero-order valence-corrected chi connectivity index (χ0v) is 11.9. The minimum absolute atomic E-state index is 0.208. The SMILES string of the molecule is Cc1cc(C(=O)Nc2ccccc2N2CCOCC2)n[nH]1. The molecule has 6 nitrogen and oxygen atoms in total. The number of aromatic nitrogens is 2. The van der Waals surface area contributed by atoms with Gasteiger partial charge in [0.15, 0.2) is 5.69 Å². The molecule has 1 saturated heterocycles. The van der Waals surface area contributed by atoms with Gasteiger partial charge in [0.1, 0.15) is 0 Å². The molecule has 110 valence electrons. The van der Waals surface area contributed by atoms with Gasteiger partial charge in [0.05, 0.1) is 24.6 Å².